The van der Waals surface area contributed by atoms with Crippen LogP contribution in [0.3, 0.4) is 0 Å². The molecule has 112 valence electrons. The zero-order valence-corrected chi connectivity index (χ0v) is 15.1. The number of thioether (sulfide) groups is 1. The molecule has 2 rings (SSSR count). The van der Waals surface area contributed by atoms with Gasteiger partial charge in [0.2, 0.25) is 0 Å². The van der Waals surface area contributed by atoms with Gasteiger partial charge in [0, 0.05) is 31.7 Å². The van der Waals surface area contributed by atoms with Crippen molar-refractivity contribution in [2.45, 2.75) is 19.6 Å². The Morgan fingerprint density at radius 2 is 2.30 bits per heavy atom. The van der Waals surface area contributed by atoms with Crippen LogP contribution in [0.2, 0.25) is 0 Å². The molecule has 0 radical (unpaired) electrons. The second-order valence-electron chi connectivity index (χ2n) is 4.73. The fourth-order valence-electron chi connectivity index (χ4n) is 2.14. The lowest BCUT2D eigenvalue weighted by Gasteiger charge is -2.31. The van der Waals surface area contributed by atoms with Crippen molar-refractivity contribution in [1.29, 1.82) is 0 Å². The summed E-state index contributed by atoms with van der Waals surface area (Å²) in [5.74, 6) is 4.06. The van der Waals surface area contributed by atoms with E-state index >= 15 is 0 Å². The normalized spacial score (nSPS) is 20.1. The van der Waals surface area contributed by atoms with Crippen molar-refractivity contribution in [3.8, 4) is 0 Å². The second kappa shape index (κ2) is 7.77. The molecule has 0 saturated carbocycles. The van der Waals surface area contributed by atoms with Gasteiger partial charge in [-0.3, -0.25) is 4.90 Å². The summed E-state index contributed by atoms with van der Waals surface area (Å²) in [4.78, 5) is 11.8. The van der Waals surface area contributed by atoms with E-state index in [0.29, 0.717) is 12.6 Å². The molecule has 2 heterocycles. The molecule has 1 unspecified atom stereocenters. The maximum absolute atomic E-state index is 5.27. The molecule has 0 aromatic carbocycles. The number of rotatable bonds is 5. The highest BCUT2D eigenvalue weighted by Gasteiger charge is 2.25. The number of methoxy groups -OCH3 is 1. The Bertz CT molecular complexity index is 433. The molecular formula is C13H21IN4OS. The number of nitrogens with one attached hydrogen (secondary N) is 1. The largest absolute Gasteiger partial charge is 0.378 e. The van der Waals surface area contributed by atoms with Crippen LogP contribution >= 0.6 is 34.4 Å². The molecule has 1 fully saturated rings. The van der Waals surface area contributed by atoms with Crippen LogP contribution in [0.15, 0.2) is 0 Å². The lowest BCUT2D eigenvalue weighted by molar-refractivity contribution is 0.179. The summed E-state index contributed by atoms with van der Waals surface area (Å²) in [7, 11) is 3.85. The van der Waals surface area contributed by atoms with Gasteiger partial charge >= 0.3 is 0 Å². The molecule has 1 saturated heterocycles. The molecule has 0 bridgehead atoms. The van der Waals surface area contributed by atoms with E-state index in [-0.39, 0.29) is 0 Å². The fourth-order valence-corrected chi connectivity index (χ4v) is 3.94. The summed E-state index contributed by atoms with van der Waals surface area (Å²) >= 11 is 4.26. The van der Waals surface area contributed by atoms with Gasteiger partial charge in [0.05, 0.1) is 21.9 Å². The first-order chi connectivity index (χ1) is 9.67. The van der Waals surface area contributed by atoms with Crippen molar-refractivity contribution in [3.63, 3.8) is 0 Å². The Kier molecular flexibility index (Phi) is 6.31. The minimum absolute atomic E-state index is 0.291. The van der Waals surface area contributed by atoms with Crippen LogP contribution in [0.5, 0.6) is 0 Å². The maximum Gasteiger partial charge on any atom is 0.149 e. The van der Waals surface area contributed by atoms with Crippen molar-refractivity contribution in [2.24, 2.45) is 0 Å². The molecule has 1 aliphatic rings. The molecular weight excluding hydrogens is 387 g/mol. The van der Waals surface area contributed by atoms with Crippen LogP contribution in [0.25, 0.3) is 0 Å². The van der Waals surface area contributed by atoms with Gasteiger partial charge in [-0.05, 0) is 36.6 Å². The van der Waals surface area contributed by atoms with E-state index in [1.54, 1.807) is 7.11 Å². The quantitative estimate of drug-likeness (QED) is 0.756. The highest BCUT2D eigenvalue weighted by Crippen LogP contribution is 2.29. The number of anilines is 1. The number of ether oxygens (including phenoxy) is 1. The number of aromatic nitrogens is 2. The van der Waals surface area contributed by atoms with Gasteiger partial charge in [-0.25, -0.2) is 9.97 Å². The highest BCUT2D eigenvalue weighted by atomic mass is 127. The monoisotopic (exact) mass is 408 g/mol. The van der Waals surface area contributed by atoms with E-state index in [4.69, 9.17) is 14.7 Å². The van der Waals surface area contributed by atoms with Gasteiger partial charge in [-0.15, -0.1) is 0 Å². The molecule has 1 aromatic heterocycles. The van der Waals surface area contributed by atoms with Crippen LogP contribution in [0.1, 0.15) is 24.5 Å². The van der Waals surface area contributed by atoms with Crippen molar-refractivity contribution in [2.75, 3.05) is 44.1 Å². The molecule has 0 amide bonds. The standard InChI is InChI=1S/C13H21IN4OS/c1-4-15-13-11(14)9(7-19-3)16-12(17-13)10-8-20-6-5-18(10)2/h10H,4-8H2,1-3H3,(H,15,16,17). The van der Waals surface area contributed by atoms with Crippen molar-refractivity contribution < 1.29 is 4.74 Å². The SMILES string of the molecule is CCNc1nc(C2CSCCN2C)nc(COC)c1I. The average Bonchev–Trinajstić information content (AvgIpc) is 2.44. The van der Waals surface area contributed by atoms with E-state index < -0.39 is 0 Å². The summed E-state index contributed by atoms with van der Waals surface area (Å²) in [5.41, 5.74) is 0.970. The molecule has 7 heteroatoms. The zero-order valence-electron chi connectivity index (χ0n) is 12.1. The van der Waals surface area contributed by atoms with Gasteiger partial charge in [-0.1, -0.05) is 0 Å². The average molecular weight is 408 g/mol. The van der Waals surface area contributed by atoms with Crippen LogP contribution in [0.4, 0.5) is 5.82 Å². The third-order valence-electron chi connectivity index (χ3n) is 3.26. The van der Waals surface area contributed by atoms with E-state index in [9.17, 15) is 0 Å². The topological polar surface area (TPSA) is 50.3 Å². The number of hydrogen-bond acceptors (Lipinski definition) is 6. The summed E-state index contributed by atoms with van der Waals surface area (Å²) in [6, 6.07) is 0.291. The number of nitrogens with zero attached hydrogens (tertiary/aromatic N) is 3. The lowest BCUT2D eigenvalue weighted by atomic mass is 10.2. The minimum atomic E-state index is 0.291. The van der Waals surface area contributed by atoms with Crippen LogP contribution in [-0.4, -0.2) is 53.6 Å². The molecule has 5 nitrogen and oxygen atoms in total. The molecule has 20 heavy (non-hydrogen) atoms. The van der Waals surface area contributed by atoms with Gasteiger partial charge in [0.15, 0.2) is 0 Å². The van der Waals surface area contributed by atoms with Crippen LogP contribution < -0.4 is 5.32 Å². The fraction of sp³-hybridized carbons (Fsp3) is 0.692. The van der Waals surface area contributed by atoms with Crippen molar-refractivity contribution in [3.05, 3.63) is 15.1 Å². The molecule has 0 spiro atoms. The summed E-state index contributed by atoms with van der Waals surface area (Å²) in [6.45, 7) is 4.54. The summed E-state index contributed by atoms with van der Waals surface area (Å²) in [6.07, 6.45) is 0. The molecule has 0 aliphatic carbocycles. The first kappa shape index (κ1) is 16.3. The Morgan fingerprint density at radius 3 is 2.95 bits per heavy atom. The Balaban J connectivity index is 2.36. The van der Waals surface area contributed by atoms with Gasteiger partial charge in [0.1, 0.15) is 11.6 Å². The van der Waals surface area contributed by atoms with E-state index in [0.717, 1.165) is 39.7 Å². The van der Waals surface area contributed by atoms with Crippen LogP contribution in [-0.2, 0) is 11.3 Å². The smallest absolute Gasteiger partial charge is 0.149 e. The second-order valence-corrected chi connectivity index (χ2v) is 6.95. The van der Waals surface area contributed by atoms with Crippen molar-refractivity contribution in [1.82, 2.24) is 14.9 Å². The molecule has 1 aliphatic heterocycles. The number of halogens is 1. The highest BCUT2D eigenvalue weighted by molar-refractivity contribution is 14.1. The Morgan fingerprint density at radius 1 is 1.50 bits per heavy atom. The number of hydrogen-bond donors (Lipinski definition) is 1. The molecule has 1 N–H and O–H groups in total. The van der Waals surface area contributed by atoms with Gasteiger partial charge < -0.3 is 10.1 Å². The predicted molar refractivity (Wildman–Crippen MR) is 92.3 cm³/mol. The van der Waals surface area contributed by atoms with Gasteiger partial charge in [-0.2, -0.15) is 11.8 Å². The third kappa shape index (κ3) is 3.75. The van der Waals surface area contributed by atoms with E-state index in [1.165, 1.54) is 5.75 Å². The Hall–Kier alpha value is -0.120. The predicted octanol–water partition coefficient (Wildman–Crippen LogP) is 2.38. The maximum atomic E-state index is 5.27. The lowest BCUT2D eigenvalue weighted by Crippen LogP contribution is -2.34. The van der Waals surface area contributed by atoms with E-state index in [1.807, 2.05) is 11.8 Å². The van der Waals surface area contributed by atoms with Crippen LogP contribution in [0, 0.1) is 3.57 Å². The zero-order chi connectivity index (χ0) is 14.5. The Labute approximate surface area is 138 Å². The minimum Gasteiger partial charge on any atom is -0.378 e. The molecule has 1 aromatic rings. The van der Waals surface area contributed by atoms with E-state index in [2.05, 4.69) is 46.8 Å². The first-order valence-electron chi connectivity index (χ1n) is 6.74. The van der Waals surface area contributed by atoms with Crippen molar-refractivity contribution >= 4 is 40.2 Å². The summed E-state index contributed by atoms with van der Waals surface area (Å²) < 4.78 is 6.33. The molecule has 1 atom stereocenters. The first-order valence-corrected chi connectivity index (χ1v) is 8.97. The third-order valence-corrected chi connectivity index (χ3v) is 5.41. The van der Waals surface area contributed by atoms with Gasteiger partial charge in [0.25, 0.3) is 0 Å². The summed E-state index contributed by atoms with van der Waals surface area (Å²) in [5, 5.41) is 3.33.